The van der Waals surface area contributed by atoms with Crippen LogP contribution in [0.4, 0.5) is 5.69 Å². The molecular formula is C14H19NO. The Morgan fingerprint density at radius 2 is 2.06 bits per heavy atom. The molecule has 1 aliphatic heterocycles. The summed E-state index contributed by atoms with van der Waals surface area (Å²) in [6.45, 7) is 11.3. The quantitative estimate of drug-likeness (QED) is 0.753. The van der Waals surface area contributed by atoms with Gasteiger partial charge in [-0.25, -0.2) is 0 Å². The smallest absolute Gasteiger partial charge is 0.119 e. The van der Waals surface area contributed by atoms with Crippen LogP contribution >= 0.6 is 0 Å². The molecule has 0 aliphatic carbocycles. The fourth-order valence-corrected chi connectivity index (χ4v) is 2.28. The number of allylic oxidation sites excluding steroid dienone is 1. The Morgan fingerprint density at radius 1 is 1.38 bits per heavy atom. The summed E-state index contributed by atoms with van der Waals surface area (Å²) in [5.41, 5.74) is 3.66. The monoisotopic (exact) mass is 217 g/mol. The number of ether oxygens (including phenoxy) is 1. The third-order valence-corrected chi connectivity index (χ3v) is 3.44. The zero-order valence-electron chi connectivity index (χ0n) is 10.5. The van der Waals surface area contributed by atoms with Crippen molar-refractivity contribution < 1.29 is 4.74 Å². The van der Waals surface area contributed by atoms with Crippen LogP contribution in [-0.4, -0.2) is 13.7 Å². The Bertz CT molecular complexity index is 434. The Hall–Kier alpha value is -1.44. The number of anilines is 1. The van der Waals surface area contributed by atoms with E-state index >= 15 is 0 Å². The first-order valence-corrected chi connectivity index (χ1v) is 5.69. The second-order valence-electron chi connectivity index (χ2n) is 4.74. The second kappa shape index (κ2) is 3.55. The first-order chi connectivity index (χ1) is 7.48. The van der Waals surface area contributed by atoms with E-state index in [1.165, 1.54) is 11.3 Å². The number of hydrogen-bond donors (Lipinski definition) is 0. The summed E-state index contributed by atoms with van der Waals surface area (Å²) in [4.78, 5) is 2.16. The molecule has 0 amide bonds. The van der Waals surface area contributed by atoms with Crippen molar-refractivity contribution in [2.75, 3.05) is 18.6 Å². The lowest BCUT2D eigenvalue weighted by Gasteiger charge is -2.22. The minimum atomic E-state index is -0.00278. The molecule has 0 spiro atoms. The highest BCUT2D eigenvalue weighted by Gasteiger charge is 2.37. The summed E-state index contributed by atoms with van der Waals surface area (Å²) in [6, 6.07) is 6.27. The predicted octanol–water partition coefficient (Wildman–Crippen LogP) is 3.33. The topological polar surface area (TPSA) is 12.5 Å². The van der Waals surface area contributed by atoms with Gasteiger partial charge in [0.25, 0.3) is 0 Å². The van der Waals surface area contributed by atoms with E-state index in [2.05, 4.69) is 44.5 Å². The van der Waals surface area contributed by atoms with Crippen LogP contribution in [0.2, 0.25) is 0 Å². The highest BCUT2D eigenvalue weighted by atomic mass is 16.5. The fourth-order valence-electron chi connectivity index (χ4n) is 2.28. The van der Waals surface area contributed by atoms with E-state index in [0.717, 1.165) is 11.4 Å². The van der Waals surface area contributed by atoms with Crippen molar-refractivity contribution in [3.05, 3.63) is 36.0 Å². The van der Waals surface area contributed by atoms with E-state index < -0.39 is 0 Å². The van der Waals surface area contributed by atoms with Crippen LogP contribution < -0.4 is 9.64 Å². The third kappa shape index (κ3) is 1.41. The van der Waals surface area contributed by atoms with E-state index in [4.69, 9.17) is 4.74 Å². The van der Waals surface area contributed by atoms with Gasteiger partial charge in [0.15, 0.2) is 0 Å². The SMILES string of the molecule is C=C1N(C)c2ccc(OCC)cc2C1(C)C. The van der Waals surface area contributed by atoms with E-state index in [9.17, 15) is 0 Å². The molecule has 0 atom stereocenters. The van der Waals surface area contributed by atoms with Crippen LogP contribution in [-0.2, 0) is 5.41 Å². The maximum absolute atomic E-state index is 5.55. The van der Waals surface area contributed by atoms with E-state index in [1.54, 1.807) is 0 Å². The summed E-state index contributed by atoms with van der Waals surface area (Å²) < 4.78 is 5.55. The van der Waals surface area contributed by atoms with E-state index in [-0.39, 0.29) is 5.41 Å². The molecule has 2 nitrogen and oxygen atoms in total. The first-order valence-electron chi connectivity index (χ1n) is 5.69. The molecule has 0 radical (unpaired) electrons. The zero-order valence-corrected chi connectivity index (χ0v) is 10.5. The van der Waals surface area contributed by atoms with Gasteiger partial charge >= 0.3 is 0 Å². The van der Waals surface area contributed by atoms with Crippen molar-refractivity contribution in [1.82, 2.24) is 0 Å². The summed E-state index contributed by atoms with van der Waals surface area (Å²) in [7, 11) is 2.07. The largest absolute Gasteiger partial charge is 0.494 e. The van der Waals surface area contributed by atoms with Gasteiger partial charge in [-0.15, -0.1) is 0 Å². The highest BCUT2D eigenvalue weighted by molar-refractivity contribution is 5.70. The molecule has 1 heterocycles. The van der Waals surface area contributed by atoms with Crippen LogP contribution in [0.15, 0.2) is 30.5 Å². The number of benzene rings is 1. The predicted molar refractivity (Wildman–Crippen MR) is 68.2 cm³/mol. The van der Waals surface area contributed by atoms with Crippen LogP contribution in [0.1, 0.15) is 26.3 Å². The molecule has 16 heavy (non-hydrogen) atoms. The summed E-state index contributed by atoms with van der Waals surface area (Å²) in [6.07, 6.45) is 0. The molecule has 0 bridgehead atoms. The molecule has 0 saturated heterocycles. The number of nitrogens with zero attached hydrogens (tertiary/aromatic N) is 1. The van der Waals surface area contributed by atoms with Gasteiger partial charge in [-0.3, -0.25) is 0 Å². The van der Waals surface area contributed by atoms with Crippen molar-refractivity contribution in [2.45, 2.75) is 26.2 Å². The van der Waals surface area contributed by atoms with Gasteiger partial charge in [0, 0.05) is 23.8 Å². The first kappa shape index (κ1) is 11.1. The standard InChI is InChI=1S/C14H19NO/c1-6-16-11-7-8-13-12(9-11)14(3,4)10(2)15(13)5/h7-9H,2,6H2,1,3-5H3. The van der Waals surface area contributed by atoms with Gasteiger partial charge in [-0.2, -0.15) is 0 Å². The molecule has 0 N–H and O–H groups in total. The molecule has 86 valence electrons. The van der Waals surface area contributed by atoms with Gasteiger partial charge in [0.2, 0.25) is 0 Å². The van der Waals surface area contributed by atoms with Crippen LogP contribution in [0.5, 0.6) is 5.75 Å². The van der Waals surface area contributed by atoms with Crippen molar-refractivity contribution >= 4 is 5.69 Å². The van der Waals surface area contributed by atoms with Crippen LogP contribution in [0.3, 0.4) is 0 Å². The third-order valence-electron chi connectivity index (χ3n) is 3.44. The molecule has 0 saturated carbocycles. The maximum Gasteiger partial charge on any atom is 0.119 e. The average molecular weight is 217 g/mol. The fraction of sp³-hybridized carbons (Fsp3) is 0.429. The lowest BCUT2D eigenvalue weighted by atomic mass is 9.84. The Morgan fingerprint density at radius 3 is 2.69 bits per heavy atom. The minimum Gasteiger partial charge on any atom is -0.494 e. The maximum atomic E-state index is 5.55. The van der Waals surface area contributed by atoms with Gasteiger partial charge in [0.1, 0.15) is 5.75 Å². The zero-order chi connectivity index (χ0) is 11.9. The second-order valence-corrected chi connectivity index (χ2v) is 4.74. The minimum absolute atomic E-state index is 0.00278. The molecule has 0 fully saturated rings. The van der Waals surface area contributed by atoms with E-state index in [0.29, 0.717) is 6.61 Å². The lowest BCUT2D eigenvalue weighted by molar-refractivity contribution is 0.339. The van der Waals surface area contributed by atoms with Crippen molar-refractivity contribution in [3.8, 4) is 5.75 Å². The number of hydrogen-bond acceptors (Lipinski definition) is 2. The van der Waals surface area contributed by atoms with Crippen LogP contribution in [0.25, 0.3) is 0 Å². The van der Waals surface area contributed by atoms with E-state index in [1.807, 2.05) is 13.0 Å². The number of rotatable bonds is 2. The lowest BCUT2D eigenvalue weighted by Crippen LogP contribution is -2.21. The normalized spacial score (nSPS) is 17.5. The van der Waals surface area contributed by atoms with Gasteiger partial charge in [0.05, 0.1) is 6.61 Å². The molecule has 1 aromatic rings. The molecule has 2 rings (SSSR count). The molecule has 1 aromatic carbocycles. The Labute approximate surface area is 97.5 Å². The molecule has 2 heteroatoms. The van der Waals surface area contributed by atoms with Crippen molar-refractivity contribution in [2.24, 2.45) is 0 Å². The van der Waals surface area contributed by atoms with Crippen molar-refractivity contribution in [3.63, 3.8) is 0 Å². The Kier molecular flexibility index (Phi) is 2.45. The molecule has 1 aliphatic rings. The molecular weight excluding hydrogens is 198 g/mol. The average Bonchev–Trinajstić information content (AvgIpc) is 2.42. The molecule has 0 unspecified atom stereocenters. The van der Waals surface area contributed by atoms with Crippen LogP contribution in [0, 0.1) is 0 Å². The van der Waals surface area contributed by atoms with Gasteiger partial charge in [-0.05, 0) is 30.7 Å². The molecule has 0 aromatic heterocycles. The number of likely N-dealkylation sites (N-methyl/N-ethyl adjacent to an activating group) is 1. The number of fused-ring (bicyclic) bond motifs is 1. The summed E-state index contributed by atoms with van der Waals surface area (Å²) in [5, 5.41) is 0. The Balaban J connectivity index is 2.52. The highest BCUT2D eigenvalue weighted by Crippen LogP contribution is 2.47. The summed E-state index contributed by atoms with van der Waals surface area (Å²) in [5.74, 6) is 0.942. The van der Waals surface area contributed by atoms with Crippen molar-refractivity contribution in [1.29, 1.82) is 0 Å². The summed E-state index contributed by atoms with van der Waals surface area (Å²) >= 11 is 0. The van der Waals surface area contributed by atoms with Gasteiger partial charge < -0.3 is 9.64 Å². The van der Waals surface area contributed by atoms with Gasteiger partial charge in [-0.1, -0.05) is 20.4 Å².